The Labute approximate surface area is 170 Å². The molecule has 0 radical (unpaired) electrons. The van der Waals surface area contributed by atoms with Gasteiger partial charge in [-0.1, -0.05) is 12.1 Å². The lowest BCUT2D eigenvalue weighted by Gasteiger charge is -2.24. The predicted octanol–water partition coefficient (Wildman–Crippen LogP) is 2.32. The Morgan fingerprint density at radius 1 is 1.27 bits per heavy atom. The number of amides is 1. The van der Waals surface area contributed by atoms with E-state index in [1.165, 1.54) is 12.7 Å². The van der Waals surface area contributed by atoms with Crippen LogP contribution in [0.2, 0.25) is 0 Å². The lowest BCUT2D eigenvalue weighted by Crippen LogP contribution is -2.25. The third-order valence-corrected chi connectivity index (χ3v) is 5.00. The minimum absolute atomic E-state index is 0.164. The first kappa shape index (κ1) is 18.0. The van der Waals surface area contributed by atoms with Crippen molar-refractivity contribution in [3.05, 3.63) is 59.3 Å². The summed E-state index contributed by atoms with van der Waals surface area (Å²) >= 11 is 0. The molecule has 0 bridgehead atoms. The lowest BCUT2D eigenvalue weighted by molar-refractivity contribution is -0.120. The number of aromatic nitrogens is 6. The molecule has 30 heavy (non-hydrogen) atoms. The summed E-state index contributed by atoms with van der Waals surface area (Å²) in [4.78, 5) is 28.0. The molecule has 1 aliphatic heterocycles. The summed E-state index contributed by atoms with van der Waals surface area (Å²) in [7, 11) is 0. The Kier molecular flexibility index (Phi) is 4.22. The van der Waals surface area contributed by atoms with Crippen molar-refractivity contribution in [1.29, 1.82) is 5.26 Å². The molecule has 4 heterocycles. The summed E-state index contributed by atoms with van der Waals surface area (Å²) in [5.74, 6) is 0.862. The van der Waals surface area contributed by atoms with Crippen molar-refractivity contribution in [2.24, 2.45) is 0 Å². The number of anilines is 1. The second-order valence-corrected chi connectivity index (χ2v) is 6.92. The summed E-state index contributed by atoms with van der Waals surface area (Å²) in [6.07, 6.45) is 2.69. The van der Waals surface area contributed by atoms with Crippen molar-refractivity contribution < 1.29 is 9.53 Å². The van der Waals surface area contributed by atoms with Crippen LogP contribution in [0.4, 0.5) is 5.82 Å². The van der Waals surface area contributed by atoms with E-state index in [-0.39, 0.29) is 12.3 Å². The van der Waals surface area contributed by atoms with Gasteiger partial charge in [-0.25, -0.2) is 15.0 Å². The van der Waals surface area contributed by atoms with Crippen LogP contribution in [0.25, 0.3) is 17.0 Å². The van der Waals surface area contributed by atoms with E-state index in [1.54, 1.807) is 16.8 Å². The molecule has 3 aromatic heterocycles. The van der Waals surface area contributed by atoms with E-state index in [0.717, 1.165) is 16.8 Å². The van der Waals surface area contributed by atoms with Gasteiger partial charge in [0.25, 0.3) is 0 Å². The van der Waals surface area contributed by atoms with E-state index in [0.29, 0.717) is 35.0 Å². The summed E-state index contributed by atoms with van der Waals surface area (Å²) in [5.41, 5.74) is 4.19. The van der Waals surface area contributed by atoms with Gasteiger partial charge >= 0.3 is 0 Å². The van der Waals surface area contributed by atoms with E-state index < -0.39 is 6.10 Å². The number of ether oxygens (including phenoxy) is 1. The summed E-state index contributed by atoms with van der Waals surface area (Å²) in [5, 5.41) is 16.4. The summed E-state index contributed by atoms with van der Waals surface area (Å²) < 4.78 is 7.68. The maximum absolute atomic E-state index is 12.4. The Balaban J connectivity index is 1.50. The number of carbonyl (C=O) groups excluding carboxylic acids is 1. The largest absolute Gasteiger partial charge is 0.368 e. The number of H-pyrrole nitrogens is 1. The van der Waals surface area contributed by atoms with Gasteiger partial charge in [0.2, 0.25) is 5.91 Å². The standard InChI is InChI=1S/C20H16N8O2/c1-11-16-14(30-8-13-4-2-12(7-21)3-5-13)6-15(29)26-19(16)28(27-11)20-17-18(23-9-22-17)24-10-25-20/h2-5,9-10,14H,6,8H2,1H3,(H,26,29)(H,22,23,24,25). The van der Waals surface area contributed by atoms with Gasteiger partial charge < -0.3 is 15.0 Å². The first-order valence-corrected chi connectivity index (χ1v) is 9.28. The smallest absolute Gasteiger partial charge is 0.228 e. The average Bonchev–Trinajstić information content (AvgIpc) is 3.37. The van der Waals surface area contributed by atoms with Gasteiger partial charge in [0.05, 0.1) is 42.8 Å². The highest BCUT2D eigenvalue weighted by atomic mass is 16.5. The number of nitrogens with one attached hydrogen (secondary N) is 2. The van der Waals surface area contributed by atoms with Crippen LogP contribution in [0.1, 0.15) is 34.9 Å². The zero-order valence-corrected chi connectivity index (χ0v) is 16.0. The van der Waals surface area contributed by atoms with Crippen LogP contribution < -0.4 is 5.32 Å². The number of aromatic amines is 1. The number of nitriles is 1. The molecule has 1 amide bonds. The average molecular weight is 400 g/mol. The van der Waals surface area contributed by atoms with Gasteiger partial charge in [-0.3, -0.25) is 4.79 Å². The van der Waals surface area contributed by atoms with Gasteiger partial charge in [-0.05, 0) is 24.6 Å². The fourth-order valence-corrected chi connectivity index (χ4v) is 3.58. The highest BCUT2D eigenvalue weighted by Gasteiger charge is 2.33. The predicted molar refractivity (Wildman–Crippen MR) is 105 cm³/mol. The zero-order chi connectivity index (χ0) is 20.7. The topological polar surface area (TPSA) is 134 Å². The van der Waals surface area contributed by atoms with Crippen molar-refractivity contribution in [3.8, 4) is 11.9 Å². The minimum atomic E-state index is -0.447. The fraction of sp³-hybridized carbons (Fsp3) is 0.200. The van der Waals surface area contributed by atoms with Gasteiger partial charge in [-0.15, -0.1) is 0 Å². The SMILES string of the molecule is Cc1nn(-c2ncnc3nc[nH]c23)c2c1C(OCc1ccc(C#N)cc1)CC(=O)N2. The number of hydrogen-bond donors (Lipinski definition) is 2. The number of fused-ring (bicyclic) bond motifs is 2. The first-order valence-electron chi connectivity index (χ1n) is 9.28. The maximum atomic E-state index is 12.4. The quantitative estimate of drug-likeness (QED) is 0.537. The molecule has 0 saturated heterocycles. The fourth-order valence-electron chi connectivity index (χ4n) is 3.58. The van der Waals surface area contributed by atoms with E-state index >= 15 is 0 Å². The van der Waals surface area contributed by atoms with Crippen LogP contribution in [0.5, 0.6) is 0 Å². The summed E-state index contributed by atoms with van der Waals surface area (Å²) in [6, 6.07) is 9.26. The van der Waals surface area contributed by atoms with Crippen LogP contribution in [-0.2, 0) is 16.1 Å². The molecule has 148 valence electrons. The number of benzene rings is 1. The monoisotopic (exact) mass is 400 g/mol. The van der Waals surface area contributed by atoms with Crippen LogP contribution in [0, 0.1) is 18.3 Å². The molecule has 4 aromatic rings. The Hall–Kier alpha value is -4.10. The number of imidazole rings is 1. The van der Waals surface area contributed by atoms with E-state index in [1.807, 2.05) is 19.1 Å². The molecule has 1 atom stereocenters. The number of hydrogen-bond acceptors (Lipinski definition) is 7. The van der Waals surface area contributed by atoms with Crippen LogP contribution in [-0.4, -0.2) is 35.6 Å². The third kappa shape index (κ3) is 2.98. The molecule has 0 spiro atoms. The Morgan fingerprint density at radius 2 is 2.10 bits per heavy atom. The maximum Gasteiger partial charge on any atom is 0.228 e. The van der Waals surface area contributed by atoms with E-state index in [2.05, 4.69) is 36.4 Å². The highest BCUT2D eigenvalue weighted by molar-refractivity contribution is 5.94. The molecule has 1 aromatic carbocycles. The lowest BCUT2D eigenvalue weighted by atomic mass is 10.0. The van der Waals surface area contributed by atoms with Crippen molar-refractivity contribution in [1.82, 2.24) is 29.7 Å². The molecule has 1 unspecified atom stereocenters. The van der Waals surface area contributed by atoms with Crippen LogP contribution in [0.15, 0.2) is 36.9 Å². The van der Waals surface area contributed by atoms with Crippen molar-refractivity contribution in [3.63, 3.8) is 0 Å². The molecule has 10 heteroatoms. The molecule has 10 nitrogen and oxygen atoms in total. The third-order valence-electron chi connectivity index (χ3n) is 5.00. The van der Waals surface area contributed by atoms with Crippen molar-refractivity contribution >= 4 is 22.9 Å². The molecule has 0 saturated carbocycles. The van der Waals surface area contributed by atoms with Crippen LogP contribution >= 0.6 is 0 Å². The normalized spacial score (nSPS) is 15.6. The number of rotatable bonds is 4. The van der Waals surface area contributed by atoms with Crippen molar-refractivity contribution in [2.45, 2.75) is 26.1 Å². The molecular formula is C20H16N8O2. The van der Waals surface area contributed by atoms with Crippen molar-refractivity contribution in [2.75, 3.05) is 5.32 Å². The molecular weight excluding hydrogens is 384 g/mol. The molecule has 0 aliphatic carbocycles. The molecule has 5 rings (SSSR count). The van der Waals surface area contributed by atoms with Gasteiger partial charge in [-0.2, -0.15) is 15.0 Å². The number of aryl methyl sites for hydroxylation is 1. The molecule has 2 N–H and O–H groups in total. The molecule has 0 fully saturated rings. The molecule has 1 aliphatic rings. The second kappa shape index (κ2) is 7.06. The Morgan fingerprint density at radius 3 is 2.90 bits per heavy atom. The van der Waals surface area contributed by atoms with Gasteiger partial charge in [0.1, 0.15) is 17.7 Å². The van der Waals surface area contributed by atoms with Gasteiger partial charge in [0.15, 0.2) is 11.5 Å². The van der Waals surface area contributed by atoms with Gasteiger partial charge in [0, 0.05) is 5.56 Å². The van der Waals surface area contributed by atoms with E-state index in [4.69, 9.17) is 10.00 Å². The number of carbonyl (C=O) groups is 1. The Bertz CT molecular complexity index is 1300. The van der Waals surface area contributed by atoms with E-state index in [9.17, 15) is 4.79 Å². The minimum Gasteiger partial charge on any atom is -0.368 e. The first-order chi connectivity index (χ1) is 14.6. The second-order valence-electron chi connectivity index (χ2n) is 6.92. The summed E-state index contributed by atoms with van der Waals surface area (Å²) in [6.45, 7) is 2.18. The van der Waals surface area contributed by atoms with Crippen LogP contribution in [0.3, 0.4) is 0 Å². The highest BCUT2D eigenvalue weighted by Crippen LogP contribution is 2.37. The number of nitrogens with zero attached hydrogens (tertiary/aromatic N) is 6. The zero-order valence-electron chi connectivity index (χ0n) is 16.0.